The molecule has 0 spiro atoms. The average molecular weight is 231 g/mol. The van der Waals surface area contributed by atoms with Gasteiger partial charge in [-0.2, -0.15) is 15.8 Å². The molecule has 1 radical (unpaired) electrons. The Labute approximate surface area is 99.0 Å². The van der Waals surface area contributed by atoms with Gasteiger partial charge in [0.2, 0.25) is 0 Å². The Hall–Kier alpha value is -1.79. The maximum Gasteiger partial charge on any atom is 0.101 e. The van der Waals surface area contributed by atoms with Crippen LogP contribution in [0.1, 0.15) is 25.0 Å². The predicted molar refractivity (Wildman–Crippen MR) is 64.0 cm³/mol. The molecule has 1 heterocycles. The molecule has 0 aromatic heterocycles. The van der Waals surface area contributed by atoms with Crippen molar-refractivity contribution in [3.63, 3.8) is 0 Å². The molecule has 0 aliphatic carbocycles. The van der Waals surface area contributed by atoms with Crippen molar-refractivity contribution in [2.75, 3.05) is 0 Å². The van der Waals surface area contributed by atoms with Crippen molar-refractivity contribution < 1.29 is 0 Å². The highest BCUT2D eigenvalue weighted by Gasteiger charge is 2.17. The highest BCUT2D eigenvalue weighted by atomic mass is 35.5. The Bertz CT molecular complexity index is 550. The number of rotatable bonds is 1. The zero-order valence-electron chi connectivity index (χ0n) is 8.95. The summed E-state index contributed by atoms with van der Waals surface area (Å²) in [7, 11) is 0. The van der Waals surface area contributed by atoms with Crippen LogP contribution in [0.25, 0.3) is 5.57 Å². The van der Waals surface area contributed by atoms with Gasteiger partial charge in [-0.3, -0.25) is 0 Å². The molecule has 0 N–H and O–H groups in total. The van der Waals surface area contributed by atoms with Crippen LogP contribution in [0.15, 0.2) is 29.0 Å². The fourth-order valence-electron chi connectivity index (χ4n) is 1.69. The van der Waals surface area contributed by atoms with Gasteiger partial charge in [0.05, 0.1) is 22.0 Å². The summed E-state index contributed by atoms with van der Waals surface area (Å²) < 4.78 is 0. The normalized spacial score (nSPS) is 14.5. The minimum atomic E-state index is 0.458. The van der Waals surface area contributed by atoms with Crippen molar-refractivity contribution in [1.29, 1.82) is 5.26 Å². The van der Waals surface area contributed by atoms with Crippen LogP contribution in [-0.4, -0.2) is 5.71 Å². The molecule has 0 unspecified atom stereocenters. The molecule has 0 atom stereocenters. The van der Waals surface area contributed by atoms with Crippen LogP contribution in [-0.2, 0) is 0 Å². The van der Waals surface area contributed by atoms with E-state index in [9.17, 15) is 0 Å². The number of hydrogen-bond acceptors (Lipinski definition) is 2. The average Bonchev–Trinajstić information content (AvgIpc) is 2.58. The summed E-state index contributed by atoms with van der Waals surface area (Å²) in [6, 6.07) is 7.39. The molecule has 0 bridgehead atoms. The molecule has 1 aromatic rings. The van der Waals surface area contributed by atoms with E-state index in [2.05, 4.69) is 10.5 Å². The number of benzene rings is 1. The van der Waals surface area contributed by atoms with E-state index < -0.39 is 0 Å². The van der Waals surface area contributed by atoms with Gasteiger partial charge in [0, 0.05) is 5.57 Å². The second kappa shape index (κ2) is 3.99. The Morgan fingerprint density at radius 1 is 1.31 bits per heavy atom. The Balaban J connectivity index is 2.52. The summed E-state index contributed by atoms with van der Waals surface area (Å²) >= 11 is 5.99. The maximum atomic E-state index is 8.79. The van der Waals surface area contributed by atoms with Crippen LogP contribution < -0.4 is 5.43 Å². The minimum Gasteiger partial charge on any atom is -0.192 e. The van der Waals surface area contributed by atoms with Gasteiger partial charge >= 0.3 is 0 Å². The molecular weight excluding hydrogens is 222 g/mol. The molecular formula is C12H9ClN3. The number of hydrogen-bond donors (Lipinski definition) is 0. The summed E-state index contributed by atoms with van der Waals surface area (Å²) in [6.07, 6.45) is 0. The zero-order chi connectivity index (χ0) is 11.7. The molecule has 0 saturated heterocycles. The van der Waals surface area contributed by atoms with Gasteiger partial charge in [0.15, 0.2) is 0 Å². The molecule has 16 heavy (non-hydrogen) atoms. The molecule has 0 fully saturated rings. The van der Waals surface area contributed by atoms with Crippen LogP contribution in [0.4, 0.5) is 0 Å². The Morgan fingerprint density at radius 3 is 2.56 bits per heavy atom. The Kier molecular flexibility index (Phi) is 2.67. The smallest absolute Gasteiger partial charge is 0.101 e. The second-order valence-corrected chi connectivity index (χ2v) is 3.96. The summed E-state index contributed by atoms with van der Waals surface area (Å²) in [6.45, 7) is 3.81. The van der Waals surface area contributed by atoms with E-state index in [4.69, 9.17) is 16.9 Å². The van der Waals surface area contributed by atoms with Crippen LogP contribution in [0, 0.1) is 11.3 Å². The van der Waals surface area contributed by atoms with E-state index in [-0.39, 0.29) is 0 Å². The fourth-order valence-corrected chi connectivity index (χ4v) is 1.91. The van der Waals surface area contributed by atoms with Gasteiger partial charge in [0.25, 0.3) is 0 Å². The van der Waals surface area contributed by atoms with Crippen LogP contribution >= 0.6 is 11.6 Å². The van der Waals surface area contributed by atoms with Crippen LogP contribution in [0.5, 0.6) is 0 Å². The highest BCUT2D eigenvalue weighted by Crippen LogP contribution is 2.27. The molecule has 3 nitrogen and oxygen atoms in total. The Morgan fingerprint density at radius 2 is 2.06 bits per heavy atom. The first-order chi connectivity index (χ1) is 7.63. The van der Waals surface area contributed by atoms with E-state index >= 15 is 0 Å². The van der Waals surface area contributed by atoms with E-state index in [1.807, 2.05) is 26.0 Å². The summed E-state index contributed by atoms with van der Waals surface area (Å²) in [5.41, 5.74) is 8.17. The third kappa shape index (κ3) is 1.68. The first-order valence-electron chi connectivity index (χ1n) is 4.80. The van der Waals surface area contributed by atoms with Crippen molar-refractivity contribution >= 4 is 22.9 Å². The summed E-state index contributed by atoms with van der Waals surface area (Å²) in [4.78, 5) is 0. The monoisotopic (exact) mass is 230 g/mol. The third-order valence-corrected chi connectivity index (χ3v) is 2.76. The van der Waals surface area contributed by atoms with Gasteiger partial charge in [0.1, 0.15) is 6.07 Å². The highest BCUT2D eigenvalue weighted by molar-refractivity contribution is 6.32. The lowest BCUT2D eigenvalue weighted by Crippen LogP contribution is -1.95. The van der Waals surface area contributed by atoms with Gasteiger partial charge in [-0.15, -0.1) is 0 Å². The first kappa shape index (κ1) is 10.7. The lowest BCUT2D eigenvalue weighted by molar-refractivity contribution is 0.896. The molecule has 1 aromatic carbocycles. The molecule has 1 aliphatic heterocycles. The number of halogens is 1. The van der Waals surface area contributed by atoms with E-state index in [1.54, 1.807) is 12.1 Å². The number of allylic oxidation sites excluding steroid dienone is 2. The van der Waals surface area contributed by atoms with Crippen molar-refractivity contribution in [2.24, 2.45) is 5.10 Å². The number of nitriles is 1. The van der Waals surface area contributed by atoms with Gasteiger partial charge in [-0.1, -0.05) is 17.7 Å². The second-order valence-electron chi connectivity index (χ2n) is 3.55. The molecule has 0 saturated carbocycles. The van der Waals surface area contributed by atoms with Crippen molar-refractivity contribution in [1.82, 2.24) is 5.43 Å². The van der Waals surface area contributed by atoms with Gasteiger partial charge in [-0.05, 0) is 31.5 Å². The topological polar surface area (TPSA) is 50.2 Å². The third-order valence-electron chi connectivity index (χ3n) is 2.45. The quantitative estimate of drug-likeness (QED) is 0.732. The van der Waals surface area contributed by atoms with Crippen molar-refractivity contribution in [2.45, 2.75) is 13.8 Å². The van der Waals surface area contributed by atoms with E-state index in [1.165, 1.54) is 0 Å². The van der Waals surface area contributed by atoms with Crippen LogP contribution in [0.3, 0.4) is 0 Å². The molecule has 4 heteroatoms. The molecule has 2 rings (SSSR count). The molecule has 1 aliphatic rings. The van der Waals surface area contributed by atoms with Gasteiger partial charge in [-0.25, -0.2) is 0 Å². The number of nitrogens with zero attached hydrogens (tertiary/aromatic N) is 3. The summed E-state index contributed by atoms with van der Waals surface area (Å²) in [5.74, 6) is 0. The van der Waals surface area contributed by atoms with Crippen LogP contribution in [0.2, 0.25) is 5.02 Å². The lowest BCUT2D eigenvalue weighted by Gasteiger charge is -2.05. The minimum absolute atomic E-state index is 0.458. The molecule has 79 valence electrons. The van der Waals surface area contributed by atoms with Crippen molar-refractivity contribution in [3.8, 4) is 6.07 Å². The van der Waals surface area contributed by atoms with Gasteiger partial charge < -0.3 is 0 Å². The maximum absolute atomic E-state index is 8.79. The van der Waals surface area contributed by atoms with E-state index in [0.717, 1.165) is 22.5 Å². The standard InChI is InChI=1S/C12H9ClN3/c1-7-12(8(2)16-15-7)9-3-4-10(6-14)11(13)5-9/h3-5H,1-2H3. The zero-order valence-corrected chi connectivity index (χ0v) is 9.71. The SMILES string of the molecule is CC1=N[N]C(C)=C1c1ccc(C#N)c(Cl)c1. The van der Waals surface area contributed by atoms with E-state index in [0.29, 0.717) is 10.6 Å². The molecule has 0 amide bonds. The van der Waals surface area contributed by atoms with Crippen molar-refractivity contribution in [3.05, 3.63) is 40.0 Å². The predicted octanol–water partition coefficient (Wildman–Crippen LogP) is 2.94. The summed E-state index contributed by atoms with van der Waals surface area (Å²) in [5, 5.41) is 13.3. The fraction of sp³-hybridized carbons (Fsp3) is 0.167. The largest absolute Gasteiger partial charge is 0.192 e. The lowest BCUT2D eigenvalue weighted by atomic mass is 10.00. The first-order valence-corrected chi connectivity index (χ1v) is 5.18.